The molecular weight excluding hydrogens is 571 g/mol. The third-order valence-electron chi connectivity index (χ3n) is 5.95. The van der Waals surface area contributed by atoms with Crippen molar-refractivity contribution in [3.05, 3.63) is 62.8 Å². The highest BCUT2D eigenvalue weighted by Crippen LogP contribution is 2.38. The van der Waals surface area contributed by atoms with Crippen molar-refractivity contribution in [1.29, 1.82) is 0 Å². The van der Waals surface area contributed by atoms with E-state index in [-0.39, 0.29) is 75.3 Å². The molecule has 0 saturated heterocycles. The fraction of sp³-hybridized carbons (Fsp3) is 0.308. The lowest BCUT2D eigenvalue weighted by atomic mass is 10.2. The van der Waals surface area contributed by atoms with E-state index in [2.05, 4.69) is 20.3 Å². The Labute approximate surface area is 236 Å². The van der Waals surface area contributed by atoms with Gasteiger partial charge in [-0.2, -0.15) is 4.98 Å². The molecule has 0 saturated carbocycles. The first-order valence-corrected chi connectivity index (χ1v) is 12.5. The molecule has 0 aliphatic heterocycles. The molecule has 218 valence electrons. The van der Waals surface area contributed by atoms with Gasteiger partial charge in [0.1, 0.15) is 24.5 Å². The monoisotopic (exact) mass is 595 g/mol. The number of hydrogen-bond donors (Lipinski definition) is 2. The molecule has 0 atom stereocenters. The van der Waals surface area contributed by atoms with Gasteiger partial charge in [-0.05, 0) is 18.6 Å². The summed E-state index contributed by atoms with van der Waals surface area (Å²) in [6.07, 6.45) is 0.531. The molecular formula is C26H25ClF3N5O6. The summed E-state index contributed by atoms with van der Waals surface area (Å²) < 4.78 is 65.1. The fourth-order valence-corrected chi connectivity index (χ4v) is 4.18. The maximum Gasteiger partial charge on any atom is 0.332 e. The maximum atomic E-state index is 14.6. The number of aromatic nitrogens is 4. The number of H-pyrrole nitrogens is 1. The molecule has 0 aliphatic rings. The highest BCUT2D eigenvalue weighted by molar-refractivity contribution is 6.32. The van der Waals surface area contributed by atoms with E-state index >= 15 is 0 Å². The third-order valence-corrected chi connectivity index (χ3v) is 6.25. The predicted molar refractivity (Wildman–Crippen MR) is 142 cm³/mol. The van der Waals surface area contributed by atoms with E-state index in [1.807, 2.05) is 0 Å². The van der Waals surface area contributed by atoms with Crippen molar-refractivity contribution in [2.45, 2.75) is 26.1 Å². The van der Waals surface area contributed by atoms with Crippen LogP contribution in [0.2, 0.25) is 5.02 Å². The first kappa shape index (κ1) is 29.5. The normalized spacial score (nSPS) is 11.0. The quantitative estimate of drug-likeness (QED) is 0.235. The smallest absolute Gasteiger partial charge is 0.332 e. The van der Waals surface area contributed by atoms with Crippen molar-refractivity contribution >= 4 is 28.7 Å². The van der Waals surface area contributed by atoms with Gasteiger partial charge < -0.3 is 24.3 Å². The van der Waals surface area contributed by atoms with Crippen LogP contribution in [0.5, 0.6) is 23.1 Å². The van der Waals surface area contributed by atoms with Gasteiger partial charge in [-0.25, -0.2) is 27.5 Å². The number of rotatable bonds is 12. The number of fused-ring (bicyclic) bond motifs is 1. The third kappa shape index (κ3) is 6.16. The summed E-state index contributed by atoms with van der Waals surface area (Å²) in [6, 6.07) is 4.86. The van der Waals surface area contributed by atoms with Crippen molar-refractivity contribution in [1.82, 2.24) is 24.8 Å². The molecule has 41 heavy (non-hydrogen) atoms. The van der Waals surface area contributed by atoms with Crippen LogP contribution in [0.3, 0.4) is 0 Å². The molecule has 0 radical (unpaired) electrons. The zero-order valence-electron chi connectivity index (χ0n) is 22.1. The van der Waals surface area contributed by atoms with Crippen molar-refractivity contribution in [3.8, 4) is 28.8 Å². The Balaban J connectivity index is 1.80. The number of nitrogens with zero attached hydrogens (tertiary/aromatic N) is 3. The van der Waals surface area contributed by atoms with Crippen LogP contribution in [0.1, 0.15) is 24.2 Å². The Kier molecular flexibility index (Phi) is 9.22. The number of benzene rings is 2. The van der Waals surface area contributed by atoms with E-state index < -0.39 is 30.6 Å². The average molecular weight is 596 g/mol. The molecule has 0 spiro atoms. The second-order valence-corrected chi connectivity index (χ2v) is 8.86. The summed E-state index contributed by atoms with van der Waals surface area (Å²) in [5, 5.41) is 2.52. The Morgan fingerprint density at radius 1 is 1.10 bits per heavy atom. The highest BCUT2D eigenvalue weighted by atomic mass is 35.5. The number of nitrogens with one attached hydrogen (secondary N) is 2. The zero-order chi connectivity index (χ0) is 29.7. The predicted octanol–water partition coefficient (Wildman–Crippen LogP) is 4.01. The van der Waals surface area contributed by atoms with E-state index in [4.69, 9.17) is 30.5 Å². The number of alkyl halides is 1. The fourth-order valence-electron chi connectivity index (χ4n) is 3.94. The lowest BCUT2D eigenvalue weighted by Crippen LogP contribution is -2.18. The van der Waals surface area contributed by atoms with E-state index in [1.165, 1.54) is 39.5 Å². The van der Waals surface area contributed by atoms with Crippen LogP contribution in [-0.4, -0.2) is 53.3 Å². The molecule has 2 aromatic carbocycles. The van der Waals surface area contributed by atoms with Crippen LogP contribution < -0.4 is 30.0 Å². The number of ether oxygens (including phenoxy) is 4. The van der Waals surface area contributed by atoms with Crippen molar-refractivity contribution < 1.29 is 36.9 Å². The van der Waals surface area contributed by atoms with Crippen molar-refractivity contribution in [2.24, 2.45) is 0 Å². The Morgan fingerprint density at radius 2 is 1.85 bits per heavy atom. The van der Waals surface area contributed by atoms with Crippen LogP contribution in [-0.2, 0) is 18.1 Å². The number of imidazole rings is 1. The average Bonchev–Trinajstić information content (AvgIpc) is 3.31. The van der Waals surface area contributed by atoms with Crippen LogP contribution in [0.4, 0.5) is 13.2 Å². The van der Waals surface area contributed by atoms with E-state index in [1.54, 1.807) is 0 Å². The molecule has 0 aliphatic carbocycles. The van der Waals surface area contributed by atoms with Gasteiger partial charge in [0.15, 0.2) is 34.6 Å². The van der Waals surface area contributed by atoms with Crippen LogP contribution >= 0.6 is 11.6 Å². The van der Waals surface area contributed by atoms with Crippen LogP contribution in [0, 0.1) is 11.6 Å². The molecule has 15 heteroatoms. The number of carbonyl (C=O) groups is 1. The summed E-state index contributed by atoms with van der Waals surface area (Å²) >= 11 is 6.56. The number of methoxy groups -OCH3 is 2. The molecule has 0 unspecified atom stereocenters. The summed E-state index contributed by atoms with van der Waals surface area (Å²) in [7, 11) is 4.11. The van der Waals surface area contributed by atoms with Gasteiger partial charge in [-0.3, -0.25) is 9.78 Å². The van der Waals surface area contributed by atoms with Gasteiger partial charge >= 0.3 is 5.69 Å². The van der Waals surface area contributed by atoms with Crippen LogP contribution in [0.25, 0.3) is 16.9 Å². The van der Waals surface area contributed by atoms with Crippen molar-refractivity contribution in [3.63, 3.8) is 0 Å². The van der Waals surface area contributed by atoms with Gasteiger partial charge in [-0.15, -0.1) is 0 Å². The molecule has 11 nitrogen and oxygen atoms in total. The molecule has 4 rings (SSSR count). The minimum absolute atomic E-state index is 0.00976. The summed E-state index contributed by atoms with van der Waals surface area (Å²) in [6.45, 7) is -1.45. The second kappa shape index (κ2) is 12.8. The minimum Gasteiger partial charge on any atom is -0.496 e. The lowest BCUT2D eigenvalue weighted by molar-refractivity contribution is -0.120. The van der Waals surface area contributed by atoms with E-state index in [0.29, 0.717) is 6.42 Å². The maximum absolute atomic E-state index is 14.6. The number of amides is 1. The molecule has 1 amide bonds. The Morgan fingerprint density at radius 3 is 2.54 bits per heavy atom. The molecule has 0 bridgehead atoms. The molecule has 4 aromatic rings. The number of halogens is 4. The first-order valence-electron chi connectivity index (χ1n) is 12.1. The summed E-state index contributed by atoms with van der Waals surface area (Å²) in [5.74, 6) is -2.62. The largest absolute Gasteiger partial charge is 0.496 e. The molecule has 2 aromatic heterocycles. The van der Waals surface area contributed by atoms with Gasteiger partial charge in [0.2, 0.25) is 11.8 Å². The SMILES string of the molecule is CNC(=O)CCCOc1cc(Cl)c(-n2c(=O)[nH]c3c(OC)nc(CF)nc32)cc1OCc1c(OC)ccc(F)c1F. The van der Waals surface area contributed by atoms with Gasteiger partial charge in [0, 0.05) is 25.6 Å². The van der Waals surface area contributed by atoms with Gasteiger partial charge in [0.25, 0.3) is 0 Å². The Hall–Kier alpha value is -4.46. The minimum atomic E-state index is -1.16. The summed E-state index contributed by atoms with van der Waals surface area (Å²) in [5.41, 5.74) is -0.793. The summed E-state index contributed by atoms with van der Waals surface area (Å²) in [4.78, 5) is 35.2. The zero-order valence-corrected chi connectivity index (χ0v) is 22.9. The Bertz CT molecular complexity index is 1640. The second-order valence-electron chi connectivity index (χ2n) is 8.45. The van der Waals surface area contributed by atoms with E-state index in [0.717, 1.165) is 10.6 Å². The van der Waals surface area contributed by atoms with Crippen molar-refractivity contribution in [2.75, 3.05) is 27.9 Å². The number of carbonyl (C=O) groups excluding carboxylic acids is 1. The number of aromatic amines is 1. The van der Waals surface area contributed by atoms with Crippen LogP contribution in [0.15, 0.2) is 29.1 Å². The molecule has 2 N–H and O–H groups in total. The van der Waals surface area contributed by atoms with Gasteiger partial charge in [-0.1, -0.05) is 11.6 Å². The van der Waals surface area contributed by atoms with Gasteiger partial charge in [0.05, 0.1) is 37.1 Å². The topological polar surface area (TPSA) is 130 Å². The first-order chi connectivity index (χ1) is 19.7. The standard InChI is InChI=1S/C26H25ClF3N5O6/c1-31-21(36)5-4-8-40-18-9-14(27)16(10-19(18)41-12-13-17(38-2)7-6-15(29)22(13)30)35-24-23(34-26(35)37)25(39-3)33-20(11-28)32-24/h6-7,9-10H,4-5,8,11-12H2,1-3H3,(H,31,36)(H,34,37). The van der Waals surface area contributed by atoms with E-state index in [9.17, 15) is 22.8 Å². The molecule has 2 heterocycles. The molecule has 0 fully saturated rings. The number of hydrogen-bond acceptors (Lipinski definition) is 8. The highest BCUT2D eigenvalue weighted by Gasteiger charge is 2.22. The lowest BCUT2D eigenvalue weighted by Gasteiger charge is -2.17.